The van der Waals surface area contributed by atoms with E-state index in [1.807, 2.05) is 0 Å². The Labute approximate surface area is 204 Å². The van der Waals surface area contributed by atoms with Crippen molar-refractivity contribution >= 4 is 44.9 Å². The lowest BCUT2D eigenvalue weighted by molar-refractivity contribution is -0.137. The molecular formula is C23H18ClF3N2O5S. The Morgan fingerprint density at radius 1 is 1.00 bits per heavy atom. The maximum Gasteiger partial charge on any atom is 0.416 e. The smallest absolute Gasteiger partial charge is 0.416 e. The van der Waals surface area contributed by atoms with Crippen LogP contribution in [-0.4, -0.2) is 33.9 Å². The average Bonchev–Trinajstić information content (AvgIpc) is 2.83. The van der Waals surface area contributed by atoms with Gasteiger partial charge in [-0.05, 0) is 48.5 Å². The highest BCUT2D eigenvalue weighted by Crippen LogP contribution is 2.33. The van der Waals surface area contributed by atoms with Crippen LogP contribution >= 0.6 is 11.6 Å². The van der Waals surface area contributed by atoms with Crippen LogP contribution in [0.1, 0.15) is 15.9 Å². The van der Waals surface area contributed by atoms with Crippen molar-refractivity contribution < 1.29 is 35.9 Å². The fraction of sp³-hybridized carbons (Fsp3) is 0.130. The van der Waals surface area contributed by atoms with Crippen molar-refractivity contribution in [3.05, 3.63) is 88.9 Å². The molecule has 0 aliphatic heterocycles. The first-order valence-electron chi connectivity index (χ1n) is 9.86. The Bertz CT molecular complexity index is 1350. The molecule has 0 aromatic heterocycles. The highest BCUT2D eigenvalue weighted by molar-refractivity contribution is 7.92. The number of anilines is 2. The summed E-state index contributed by atoms with van der Waals surface area (Å²) in [6.45, 7) is -0.852. The molecule has 0 saturated carbocycles. The summed E-state index contributed by atoms with van der Waals surface area (Å²) < 4.78 is 71.6. The second kappa shape index (κ2) is 10.4. The zero-order valence-corrected chi connectivity index (χ0v) is 19.6. The van der Waals surface area contributed by atoms with Gasteiger partial charge in [0.15, 0.2) is 0 Å². The molecule has 184 valence electrons. The first kappa shape index (κ1) is 26.0. The van der Waals surface area contributed by atoms with E-state index in [1.54, 1.807) is 6.07 Å². The number of halogens is 4. The first-order chi connectivity index (χ1) is 16.4. The zero-order chi connectivity index (χ0) is 25.8. The number of sulfonamides is 1. The van der Waals surface area contributed by atoms with Gasteiger partial charge in [0.1, 0.15) is 6.54 Å². The minimum atomic E-state index is -4.73. The third-order valence-corrected chi connectivity index (χ3v) is 6.85. The minimum Gasteiger partial charge on any atom is -0.465 e. The molecule has 12 heteroatoms. The van der Waals surface area contributed by atoms with Crippen LogP contribution in [0.3, 0.4) is 0 Å². The maximum atomic E-state index is 13.3. The van der Waals surface area contributed by atoms with Crippen LogP contribution in [0.4, 0.5) is 24.5 Å². The molecule has 0 aliphatic rings. The van der Waals surface area contributed by atoms with Crippen LogP contribution in [0.2, 0.25) is 5.02 Å². The van der Waals surface area contributed by atoms with Crippen LogP contribution in [-0.2, 0) is 25.7 Å². The van der Waals surface area contributed by atoms with Gasteiger partial charge in [0.2, 0.25) is 5.91 Å². The summed E-state index contributed by atoms with van der Waals surface area (Å²) in [5.74, 6) is -1.64. The van der Waals surface area contributed by atoms with Gasteiger partial charge in [-0.25, -0.2) is 13.2 Å². The van der Waals surface area contributed by atoms with Gasteiger partial charge in [-0.15, -0.1) is 0 Å². The number of benzene rings is 3. The number of carbonyl (C=O) groups excluding carboxylic acids is 2. The second-order valence-corrected chi connectivity index (χ2v) is 9.38. The van der Waals surface area contributed by atoms with Crippen molar-refractivity contribution in [2.75, 3.05) is 23.3 Å². The molecule has 0 fully saturated rings. The third kappa shape index (κ3) is 6.11. The SMILES string of the molecule is COC(=O)c1cc(NC(=O)CN(c2cccc(C(F)(F)F)c2)S(=O)(=O)c2ccccc2)ccc1Cl. The number of nitrogens with zero attached hydrogens (tertiary/aromatic N) is 1. The number of hydrogen-bond acceptors (Lipinski definition) is 5. The number of alkyl halides is 3. The molecule has 3 aromatic carbocycles. The summed E-state index contributed by atoms with van der Waals surface area (Å²) in [5, 5.41) is 2.49. The monoisotopic (exact) mass is 526 g/mol. The van der Waals surface area contributed by atoms with Crippen LogP contribution in [0.25, 0.3) is 0 Å². The first-order valence-corrected chi connectivity index (χ1v) is 11.7. The molecule has 0 saturated heterocycles. The van der Waals surface area contributed by atoms with Gasteiger partial charge in [0.05, 0.1) is 33.8 Å². The van der Waals surface area contributed by atoms with E-state index in [2.05, 4.69) is 10.1 Å². The topological polar surface area (TPSA) is 92.8 Å². The standard InChI is InChI=1S/C23H18ClF3N2O5S/c1-34-22(31)19-13-16(10-11-20(19)24)28-21(30)14-29(35(32,33)18-8-3-2-4-9-18)17-7-5-6-15(12-17)23(25,26)27/h2-13H,14H2,1H3,(H,28,30). The molecule has 3 aromatic rings. The number of ether oxygens (including phenoxy) is 1. The van der Waals surface area contributed by atoms with Crippen molar-refractivity contribution in [2.45, 2.75) is 11.1 Å². The molecule has 0 radical (unpaired) electrons. The Morgan fingerprint density at radius 3 is 2.31 bits per heavy atom. The van der Waals surface area contributed by atoms with Crippen molar-refractivity contribution in [1.29, 1.82) is 0 Å². The predicted molar refractivity (Wildman–Crippen MR) is 124 cm³/mol. The van der Waals surface area contributed by atoms with Gasteiger partial charge in [0.25, 0.3) is 10.0 Å². The van der Waals surface area contributed by atoms with Gasteiger partial charge < -0.3 is 10.1 Å². The van der Waals surface area contributed by atoms with Crippen molar-refractivity contribution in [1.82, 2.24) is 0 Å². The number of methoxy groups -OCH3 is 1. The Kier molecular flexibility index (Phi) is 7.71. The molecule has 1 amide bonds. The minimum absolute atomic E-state index is 0.0430. The van der Waals surface area contributed by atoms with E-state index >= 15 is 0 Å². The maximum absolute atomic E-state index is 13.3. The molecule has 0 aliphatic carbocycles. The molecule has 0 atom stereocenters. The van der Waals surface area contributed by atoms with Gasteiger partial charge in [-0.3, -0.25) is 9.10 Å². The molecule has 0 bridgehead atoms. The lowest BCUT2D eigenvalue weighted by Gasteiger charge is -2.25. The fourth-order valence-corrected chi connectivity index (χ4v) is 4.70. The van der Waals surface area contributed by atoms with Crippen LogP contribution in [0.5, 0.6) is 0 Å². The van der Waals surface area contributed by atoms with Gasteiger partial charge >= 0.3 is 12.1 Å². The number of hydrogen-bond donors (Lipinski definition) is 1. The van der Waals surface area contributed by atoms with Crippen LogP contribution in [0, 0.1) is 0 Å². The van der Waals surface area contributed by atoms with E-state index in [0.717, 1.165) is 25.3 Å². The van der Waals surface area contributed by atoms with Gasteiger partial charge in [0, 0.05) is 5.69 Å². The summed E-state index contributed by atoms with van der Waals surface area (Å²) in [6.07, 6.45) is -4.73. The highest BCUT2D eigenvalue weighted by Gasteiger charge is 2.33. The summed E-state index contributed by atoms with van der Waals surface area (Å²) in [4.78, 5) is 24.4. The quantitative estimate of drug-likeness (QED) is 0.438. The Balaban J connectivity index is 1.98. The third-order valence-electron chi connectivity index (χ3n) is 4.74. The Morgan fingerprint density at radius 2 is 1.69 bits per heavy atom. The number of carbonyl (C=O) groups is 2. The average molecular weight is 527 g/mol. The largest absolute Gasteiger partial charge is 0.465 e. The molecule has 1 N–H and O–H groups in total. The van der Waals surface area contributed by atoms with Gasteiger partial charge in [-0.1, -0.05) is 35.9 Å². The highest BCUT2D eigenvalue weighted by atomic mass is 35.5. The van der Waals surface area contributed by atoms with E-state index < -0.39 is 40.2 Å². The van der Waals surface area contributed by atoms with Crippen LogP contribution in [0.15, 0.2) is 77.7 Å². The molecule has 7 nitrogen and oxygen atoms in total. The number of esters is 1. The lowest BCUT2D eigenvalue weighted by Crippen LogP contribution is -2.38. The normalized spacial score (nSPS) is 11.6. The van der Waals surface area contributed by atoms with E-state index in [1.165, 1.54) is 42.5 Å². The molecule has 0 spiro atoms. The van der Waals surface area contributed by atoms with Crippen molar-refractivity contribution in [3.63, 3.8) is 0 Å². The molecule has 0 unspecified atom stereocenters. The second-order valence-electron chi connectivity index (χ2n) is 7.11. The fourth-order valence-electron chi connectivity index (χ4n) is 3.07. The number of rotatable bonds is 7. The van der Waals surface area contributed by atoms with E-state index in [0.29, 0.717) is 10.4 Å². The molecule has 0 heterocycles. The molecule has 35 heavy (non-hydrogen) atoms. The van der Waals surface area contributed by atoms with E-state index in [-0.39, 0.29) is 26.9 Å². The summed E-state index contributed by atoms with van der Waals surface area (Å²) in [7, 11) is -3.28. The molecule has 3 rings (SSSR count). The van der Waals surface area contributed by atoms with Crippen molar-refractivity contribution in [2.24, 2.45) is 0 Å². The van der Waals surface area contributed by atoms with E-state index in [4.69, 9.17) is 11.6 Å². The molecular weight excluding hydrogens is 509 g/mol. The van der Waals surface area contributed by atoms with Gasteiger partial charge in [-0.2, -0.15) is 13.2 Å². The zero-order valence-electron chi connectivity index (χ0n) is 18.0. The number of amides is 1. The summed E-state index contributed by atoms with van der Waals surface area (Å²) >= 11 is 5.96. The summed E-state index contributed by atoms with van der Waals surface area (Å²) in [6, 6.07) is 14.5. The lowest BCUT2D eigenvalue weighted by atomic mass is 10.2. The van der Waals surface area contributed by atoms with Crippen molar-refractivity contribution in [3.8, 4) is 0 Å². The van der Waals surface area contributed by atoms with E-state index in [9.17, 15) is 31.2 Å². The Hall–Kier alpha value is -3.57. The summed E-state index contributed by atoms with van der Waals surface area (Å²) in [5.41, 5.74) is -1.38. The number of nitrogens with one attached hydrogen (secondary N) is 1. The predicted octanol–water partition coefficient (Wildman–Crippen LogP) is 4.98. The van der Waals surface area contributed by atoms with Crippen LogP contribution < -0.4 is 9.62 Å².